The molecule has 1 N–H and O–H groups in total. The molecule has 0 aliphatic heterocycles. The molecule has 0 spiro atoms. The molecule has 0 fully saturated rings. The molecule has 4 rings (SSSR count). The van der Waals surface area contributed by atoms with Crippen molar-refractivity contribution >= 4 is 62.3 Å². The number of Topliss-reactive ketones (excluding diaryl/α,β-unsaturated/α-hetero) is 1. The van der Waals surface area contributed by atoms with Crippen LogP contribution in [0.2, 0.25) is 5.02 Å². The third kappa shape index (κ3) is 4.73. The van der Waals surface area contributed by atoms with Crippen molar-refractivity contribution < 1.29 is 9.59 Å². The number of hydrogen-bond donors (Lipinski definition) is 1. The molecule has 4 aromatic rings. The number of carbonyl (C=O) groups excluding carboxylic acids is 2. The number of nitrogens with one attached hydrogen (secondary N) is 1. The summed E-state index contributed by atoms with van der Waals surface area (Å²) in [4.78, 5) is 29.5. The van der Waals surface area contributed by atoms with Gasteiger partial charge in [-0.25, -0.2) is 4.98 Å². The van der Waals surface area contributed by atoms with Gasteiger partial charge in [-0.1, -0.05) is 41.6 Å². The SMILES string of the molecule is Cc1ccccc1C(=O)Nc1ccc2nc(SCC(=O)c3ccc(Cl)cc3)sc2c1. The van der Waals surface area contributed by atoms with Gasteiger partial charge in [-0.2, -0.15) is 0 Å². The number of aryl methyl sites for hydroxylation is 1. The normalized spacial score (nSPS) is 10.9. The lowest BCUT2D eigenvalue weighted by Gasteiger charge is -2.07. The van der Waals surface area contributed by atoms with Crippen molar-refractivity contribution in [1.29, 1.82) is 0 Å². The molecule has 4 nitrogen and oxygen atoms in total. The maximum absolute atomic E-state index is 12.5. The molecule has 150 valence electrons. The number of thioether (sulfide) groups is 1. The van der Waals surface area contributed by atoms with E-state index in [0.717, 1.165) is 20.1 Å². The highest BCUT2D eigenvalue weighted by Crippen LogP contribution is 2.32. The first-order chi connectivity index (χ1) is 14.5. The molecule has 0 atom stereocenters. The summed E-state index contributed by atoms with van der Waals surface area (Å²) < 4.78 is 1.77. The Kier molecular flexibility index (Phi) is 6.18. The minimum absolute atomic E-state index is 0.0297. The first-order valence-corrected chi connectivity index (χ1v) is 11.4. The Morgan fingerprint density at radius 1 is 1.07 bits per heavy atom. The molecule has 0 radical (unpaired) electrons. The fraction of sp³-hybridized carbons (Fsp3) is 0.0870. The third-order valence-electron chi connectivity index (χ3n) is 4.51. The molecule has 1 heterocycles. The fourth-order valence-electron chi connectivity index (χ4n) is 2.92. The molecule has 1 amide bonds. The largest absolute Gasteiger partial charge is 0.322 e. The second kappa shape index (κ2) is 9.00. The van der Waals surface area contributed by atoms with E-state index in [1.54, 1.807) is 24.3 Å². The van der Waals surface area contributed by atoms with Crippen LogP contribution in [-0.2, 0) is 0 Å². The smallest absolute Gasteiger partial charge is 0.255 e. The highest BCUT2D eigenvalue weighted by molar-refractivity contribution is 8.01. The lowest BCUT2D eigenvalue weighted by molar-refractivity contribution is 0.101. The zero-order valence-electron chi connectivity index (χ0n) is 16.0. The van der Waals surface area contributed by atoms with Crippen LogP contribution in [0.15, 0.2) is 71.1 Å². The Morgan fingerprint density at radius 3 is 2.60 bits per heavy atom. The number of fused-ring (bicyclic) bond motifs is 1. The number of ketones is 1. The summed E-state index contributed by atoms with van der Waals surface area (Å²) in [7, 11) is 0. The molecule has 30 heavy (non-hydrogen) atoms. The molecule has 1 aromatic heterocycles. The Bertz CT molecular complexity index is 1240. The lowest BCUT2D eigenvalue weighted by atomic mass is 10.1. The van der Waals surface area contributed by atoms with Crippen molar-refractivity contribution in [1.82, 2.24) is 4.98 Å². The molecule has 0 bridgehead atoms. The number of carbonyl (C=O) groups is 2. The van der Waals surface area contributed by atoms with Crippen LogP contribution in [-0.4, -0.2) is 22.4 Å². The van der Waals surface area contributed by atoms with Crippen molar-refractivity contribution in [3.63, 3.8) is 0 Å². The predicted octanol–water partition coefficient (Wildman–Crippen LogP) is 6.49. The van der Waals surface area contributed by atoms with Gasteiger partial charge >= 0.3 is 0 Å². The van der Waals surface area contributed by atoms with E-state index in [4.69, 9.17) is 11.6 Å². The average Bonchev–Trinajstić information content (AvgIpc) is 3.15. The highest BCUT2D eigenvalue weighted by atomic mass is 35.5. The zero-order valence-corrected chi connectivity index (χ0v) is 18.4. The van der Waals surface area contributed by atoms with Crippen LogP contribution in [0, 0.1) is 6.92 Å². The molecule has 3 aromatic carbocycles. The lowest BCUT2D eigenvalue weighted by Crippen LogP contribution is -2.13. The molecule has 0 saturated heterocycles. The molecule has 7 heteroatoms. The van der Waals surface area contributed by atoms with Crippen LogP contribution in [0.3, 0.4) is 0 Å². The van der Waals surface area contributed by atoms with Crippen molar-refractivity contribution in [2.24, 2.45) is 0 Å². The summed E-state index contributed by atoms with van der Waals surface area (Å²) in [6.45, 7) is 1.91. The van der Waals surface area contributed by atoms with Crippen LogP contribution in [0.5, 0.6) is 0 Å². The second-order valence-corrected chi connectivity index (χ2v) is 9.34. The van der Waals surface area contributed by atoms with Crippen LogP contribution < -0.4 is 5.32 Å². The number of hydrogen-bond acceptors (Lipinski definition) is 5. The Labute approximate surface area is 187 Å². The van der Waals surface area contributed by atoms with E-state index in [0.29, 0.717) is 27.6 Å². The van der Waals surface area contributed by atoms with Gasteiger partial charge in [0.15, 0.2) is 10.1 Å². The summed E-state index contributed by atoms with van der Waals surface area (Å²) in [5.41, 5.74) is 3.77. The Balaban J connectivity index is 1.44. The quantitative estimate of drug-likeness (QED) is 0.268. The molecular weight excluding hydrogens is 436 g/mol. The summed E-state index contributed by atoms with van der Waals surface area (Å²) in [5, 5.41) is 3.55. The van der Waals surface area contributed by atoms with Gasteiger partial charge in [-0.3, -0.25) is 9.59 Å². The van der Waals surface area contributed by atoms with Gasteiger partial charge < -0.3 is 5.32 Å². The van der Waals surface area contributed by atoms with Crippen molar-refractivity contribution in [3.8, 4) is 0 Å². The topological polar surface area (TPSA) is 59.1 Å². The van der Waals surface area contributed by atoms with Crippen LogP contribution in [0.1, 0.15) is 26.3 Å². The number of rotatable bonds is 6. The van der Waals surface area contributed by atoms with Crippen molar-refractivity contribution in [2.45, 2.75) is 11.3 Å². The number of nitrogens with zero attached hydrogens (tertiary/aromatic N) is 1. The zero-order chi connectivity index (χ0) is 21.1. The van der Waals surface area contributed by atoms with Crippen LogP contribution in [0.25, 0.3) is 10.2 Å². The second-order valence-electron chi connectivity index (χ2n) is 6.65. The van der Waals surface area contributed by atoms with E-state index in [9.17, 15) is 9.59 Å². The molecule has 0 aliphatic carbocycles. The van der Waals surface area contributed by atoms with Crippen LogP contribution in [0.4, 0.5) is 5.69 Å². The van der Waals surface area contributed by atoms with E-state index in [-0.39, 0.29) is 11.7 Å². The molecular formula is C23H17ClN2O2S2. The van der Waals surface area contributed by atoms with Gasteiger partial charge in [0.2, 0.25) is 0 Å². The third-order valence-corrected chi connectivity index (χ3v) is 6.92. The first-order valence-electron chi connectivity index (χ1n) is 9.19. The summed E-state index contributed by atoms with van der Waals surface area (Å²) >= 11 is 8.78. The number of thiazole rings is 1. The summed E-state index contributed by atoms with van der Waals surface area (Å²) in [5.74, 6) is 0.195. The number of anilines is 1. The molecule has 0 aliphatic rings. The predicted molar refractivity (Wildman–Crippen MR) is 125 cm³/mol. The number of benzene rings is 3. The van der Waals surface area contributed by atoms with Gasteiger partial charge in [0.05, 0.1) is 16.0 Å². The maximum atomic E-state index is 12.5. The van der Waals surface area contributed by atoms with E-state index in [1.165, 1.54) is 23.1 Å². The van der Waals surface area contributed by atoms with E-state index >= 15 is 0 Å². The summed E-state index contributed by atoms with van der Waals surface area (Å²) in [6, 6.07) is 20.0. The first kappa shape index (κ1) is 20.6. The van der Waals surface area contributed by atoms with Gasteiger partial charge in [0.25, 0.3) is 5.91 Å². The number of aromatic nitrogens is 1. The maximum Gasteiger partial charge on any atom is 0.255 e. The highest BCUT2D eigenvalue weighted by Gasteiger charge is 2.12. The number of halogens is 1. The number of amides is 1. The van der Waals surface area contributed by atoms with E-state index < -0.39 is 0 Å². The van der Waals surface area contributed by atoms with E-state index in [2.05, 4.69) is 10.3 Å². The Morgan fingerprint density at radius 2 is 1.83 bits per heavy atom. The van der Waals surface area contributed by atoms with Crippen molar-refractivity contribution in [2.75, 3.05) is 11.1 Å². The minimum atomic E-state index is -0.139. The summed E-state index contributed by atoms with van der Waals surface area (Å²) in [6.07, 6.45) is 0. The average molecular weight is 453 g/mol. The monoisotopic (exact) mass is 452 g/mol. The van der Waals surface area contributed by atoms with Crippen LogP contribution >= 0.6 is 34.7 Å². The van der Waals surface area contributed by atoms with Gasteiger partial charge in [-0.05, 0) is 61.0 Å². The standard InChI is InChI=1S/C23H17ClN2O2S2/c1-14-4-2-3-5-18(14)22(28)25-17-10-11-19-21(12-17)30-23(26-19)29-13-20(27)15-6-8-16(24)9-7-15/h2-12H,13H2,1H3,(H,25,28). The molecule has 0 unspecified atom stereocenters. The van der Waals surface area contributed by atoms with E-state index in [1.807, 2.05) is 49.4 Å². The minimum Gasteiger partial charge on any atom is -0.322 e. The van der Waals surface area contributed by atoms with Crippen molar-refractivity contribution in [3.05, 3.63) is 88.4 Å². The van der Waals surface area contributed by atoms with Gasteiger partial charge in [0, 0.05) is 21.8 Å². The van der Waals surface area contributed by atoms with Gasteiger partial charge in [-0.15, -0.1) is 11.3 Å². The molecule has 0 saturated carbocycles. The van der Waals surface area contributed by atoms with Gasteiger partial charge in [0.1, 0.15) is 0 Å². The fourth-order valence-corrected chi connectivity index (χ4v) is 5.04. The Hall–Kier alpha value is -2.67.